The number of nitrogens with one attached hydrogen (secondary N) is 1. The monoisotopic (exact) mass is 410 g/mol. The summed E-state index contributed by atoms with van der Waals surface area (Å²) in [4.78, 5) is 24.4. The van der Waals surface area contributed by atoms with Gasteiger partial charge in [0.1, 0.15) is 13.2 Å². The van der Waals surface area contributed by atoms with Crippen molar-refractivity contribution in [2.75, 3.05) is 39.1 Å². The number of rotatable bonds is 7. The van der Waals surface area contributed by atoms with Crippen molar-refractivity contribution < 1.29 is 27.5 Å². The summed E-state index contributed by atoms with van der Waals surface area (Å²) >= 11 is 0. The van der Waals surface area contributed by atoms with Gasteiger partial charge in [-0.3, -0.25) is 9.59 Å². The van der Waals surface area contributed by atoms with Crippen LogP contribution in [0.3, 0.4) is 0 Å². The van der Waals surface area contributed by atoms with Crippen molar-refractivity contribution in [1.29, 1.82) is 0 Å². The predicted molar refractivity (Wildman–Crippen MR) is 103 cm³/mol. The Kier molecular flexibility index (Phi) is 6.56. The largest absolute Gasteiger partial charge is 0.486 e. The molecule has 0 bridgehead atoms. The number of piperidine rings is 1. The molecule has 0 saturated carbocycles. The Hall–Kier alpha value is -2.13. The first-order valence-corrected chi connectivity index (χ1v) is 11.3. The summed E-state index contributed by atoms with van der Waals surface area (Å²) in [5.41, 5.74) is 0.505. The van der Waals surface area contributed by atoms with E-state index >= 15 is 0 Å². The lowest BCUT2D eigenvalue weighted by Gasteiger charge is -2.30. The molecule has 1 aromatic carbocycles. The zero-order chi connectivity index (χ0) is 20.1. The number of hydrogen-bond donors (Lipinski definition) is 1. The van der Waals surface area contributed by atoms with Gasteiger partial charge in [0.2, 0.25) is 15.9 Å². The van der Waals surface area contributed by atoms with Crippen LogP contribution in [0.4, 0.5) is 0 Å². The quantitative estimate of drug-likeness (QED) is 0.678. The highest BCUT2D eigenvalue weighted by Crippen LogP contribution is 2.31. The van der Waals surface area contributed by atoms with Gasteiger partial charge in [-0.15, -0.1) is 0 Å². The number of benzene rings is 1. The molecule has 1 fully saturated rings. The molecule has 0 radical (unpaired) electrons. The number of ether oxygens (including phenoxy) is 2. The fourth-order valence-electron chi connectivity index (χ4n) is 3.38. The van der Waals surface area contributed by atoms with E-state index in [2.05, 4.69) is 5.32 Å². The van der Waals surface area contributed by atoms with Crippen molar-refractivity contribution in [1.82, 2.24) is 9.62 Å². The smallest absolute Gasteiger partial charge is 0.220 e. The molecule has 8 nitrogen and oxygen atoms in total. The van der Waals surface area contributed by atoms with Crippen molar-refractivity contribution in [3.05, 3.63) is 23.8 Å². The van der Waals surface area contributed by atoms with Gasteiger partial charge in [-0.05, 0) is 37.0 Å². The van der Waals surface area contributed by atoms with Crippen molar-refractivity contribution >= 4 is 21.7 Å². The molecule has 1 saturated heterocycles. The molecule has 2 aliphatic rings. The summed E-state index contributed by atoms with van der Waals surface area (Å²) in [6, 6.07) is 5.05. The average molecular weight is 410 g/mol. The van der Waals surface area contributed by atoms with E-state index in [-0.39, 0.29) is 30.4 Å². The van der Waals surface area contributed by atoms with E-state index in [0.29, 0.717) is 49.9 Å². The Bertz CT molecular complexity index is 831. The second kappa shape index (κ2) is 8.91. The first-order valence-electron chi connectivity index (χ1n) is 9.47. The molecular weight excluding hydrogens is 384 g/mol. The van der Waals surface area contributed by atoms with E-state index in [4.69, 9.17) is 9.47 Å². The molecule has 9 heteroatoms. The predicted octanol–water partition coefficient (Wildman–Crippen LogP) is 1.21. The van der Waals surface area contributed by atoms with Crippen LogP contribution in [0.5, 0.6) is 11.5 Å². The van der Waals surface area contributed by atoms with E-state index in [0.717, 1.165) is 12.8 Å². The van der Waals surface area contributed by atoms with E-state index in [9.17, 15) is 18.0 Å². The summed E-state index contributed by atoms with van der Waals surface area (Å²) < 4.78 is 35.4. The van der Waals surface area contributed by atoms with Crippen LogP contribution in [-0.2, 0) is 14.8 Å². The Morgan fingerprint density at radius 3 is 2.46 bits per heavy atom. The molecule has 0 spiro atoms. The first-order chi connectivity index (χ1) is 13.3. The molecule has 0 unspecified atom stereocenters. The molecule has 2 heterocycles. The van der Waals surface area contributed by atoms with Crippen molar-refractivity contribution in [2.45, 2.75) is 25.7 Å². The Balaban J connectivity index is 1.39. The molecule has 1 aromatic rings. The third-order valence-electron chi connectivity index (χ3n) is 5.07. The highest BCUT2D eigenvalue weighted by Gasteiger charge is 2.25. The van der Waals surface area contributed by atoms with E-state index in [1.54, 1.807) is 18.2 Å². The van der Waals surface area contributed by atoms with E-state index in [1.807, 2.05) is 0 Å². The fraction of sp³-hybridized carbons (Fsp3) is 0.579. The molecular formula is C19H26N2O6S. The molecule has 0 aromatic heterocycles. The molecule has 0 aliphatic carbocycles. The summed E-state index contributed by atoms with van der Waals surface area (Å²) in [5, 5.41) is 2.86. The van der Waals surface area contributed by atoms with Crippen LogP contribution in [0.2, 0.25) is 0 Å². The third-order valence-corrected chi connectivity index (χ3v) is 6.38. The van der Waals surface area contributed by atoms with Gasteiger partial charge in [0.15, 0.2) is 17.3 Å². The van der Waals surface area contributed by atoms with Gasteiger partial charge in [-0.2, -0.15) is 0 Å². The van der Waals surface area contributed by atoms with Gasteiger partial charge in [0, 0.05) is 38.0 Å². The zero-order valence-corrected chi connectivity index (χ0v) is 16.8. The lowest BCUT2D eigenvalue weighted by atomic mass is 9.98. The maximum Gasteiger partial charge on any atom is 0.220 e. The molecule has 154 valence electrons. The van der Waals surface area contributed by atoms with Gasteiger partial charge in [-0.1, -0.05) is 0 Å². The zero-order valence-electron chi connectivity index (χ0n) is 16.0. The van der Waals surface area contributed by atoms with Crippen LogP contribution < -0.4 is 14.8 Å². The van der Waals surface area contributed by atoms with Crippen LogP contribution in [0.25, 0.3) is 0 Å². The fourth-order valence-corrected chi connectivity index (χ4v) is 4.25. The number of amides is 1. The minimum atomic E-state index is -3.14. The number of carbonyl (C=O) groups is 2. The normalized spacial score (nSPS) is 17.9. The summed E-state index contributed by atoms with van der Waals surface area (Å²) in [6.07, 6.45) is 2.91. The van der Waals surface area contributed by atoms with Gasteiger partial charge in [-0.25, -0.2) is 12.7 Å². The number of hydrogen-bond acceptors (Lipinski definition) is 6. The topological polar surface area (TPSA) is 102 Å². The van der Waals surface area contributed by atoms with Crippen LogP contribution in [-0.4, -0.2) is 63.5 Å². The molecule has 0 atom stereocenters. The molecule has 3 rings (SSSR count). The van der Waals surface area contributed by atoms with E-state index < -0.39 is 10.0 Å². The lowest BCUT2D eigenvalue weighted by Crippen LogP contribution is -2.41. The van der Waals surface area contributed by atoms with Crippen LogP contribution in [0, 0.1) is 5.92 Å². The average Bonchev–Trinajstić information content (AvgIpc) is 2.69. The second-order valence-electron chi connectivity index (χ2n) is 7.19. The van der Waals surface area contributed by atoms with Crippen LogP contribution in [0.1, 0.15) is 36.0 Å². The molecule has 28 heavy (non-hydrogen) atoms. The second-order valence-corrected chi connectivity index (χ2v) is 9.17. The number of ketones is 1. The van der Waals surface area contributed by atoms with Crippen molar-refractivity contribution in [2.24, 2.45) is 5.92 Å². The molecule has 1 N–H and O–H groups in total. The van der Waals surface area contributed by atoms with Crippen molar-refractivity contribution in [3.63, 3.8) is 0 Å². The standard InChI is InChI=1S/C19H26N2O6S/c1-28(24,25)21-8-6-14(7-9-21)13-20-19(23)5-3-16(22)15-2-4-17-18(12-15)27-11-10-26-17/h2,4,12,14H,3,5-11,13H2,1H3,(H,20,23). The number of nitrogens with zero attached hydrogens (tertiary/aromatic N) is 1. The van der Waals surface area contributed by atoms with E-state index in [1.165, 1.54) is 10.6 Å². The molecule has 2 aliphatic heterocycles. The summed E-state index contributed by atoms with van der Waals surface area (Å²) in [6.45, 7) is 2.43. The summed E-state index contributed by atoms with van der Waals surface area (Å²) in [7, 11) is -3.14. The lowest BCUT2D eigenvalue weighted by molar-refractivity contribution is -0.121. The van der Waals surface area contributed by atoms with Gasteiger partial charge in [0.25, 0.3) is 0 Å². The van der Waals surface area contributed by atoms with Gasteiger partial charge < -0.3 is 14.8 Å². The Labute approximate surface area is 165 Å². The minimum Gasteiger partial charge on any atom is -0.486 e. The third kappa shape index (κ3) is 5.45. The van der Waals surface area contributed by atoms with Crippen LogP contribution in [0.15, 0.2) is 18.2 Å². The van der Waals surface area contributed by atoms with Gasteiger partial charge in [0.05, 0.1) is 6.26 Å². The SMILES string of the molecule is CS(=O)(=O)N1CCC(CNC(=O)CCC(=O)c2ccc3c(c2)OCCO3)CC1. The first kappa shape index (κ1) is 20.6. The highest BCUT2D eigenvalue weighted by atomic mass is 32.2. The summed E-state index contributed by atoms with van der Waals surface area (Å²) in [5.74, 6) is 1.16. The number of sulfonamides is 1. The Morgan fingerprint density at radius 1 is 1.11 bits per heavy atom. The maximum atomic E-state index is 12.3. The molecule has 1 amide bonds. The highest BCUT2D eigenvalue weighted by molar-refractivity contribution is 7.88. The number of carbonyl (C=O) groups excluding carboxylic acids is 2. The maximum absolute atomic E-state index is 12.3. The van der Waals surface area contributed by atoms with Gasteiger partial charge >= 0.3 is 0 Å². The van der Waals surface area contributed by atoms with Crippen LogP contribution >= 0.6 is 0 Å². The number of Topliss-reactive ketones (excluding diaryl/α,β-unsaturated/α-hetero) is 1. The van der Waals surface area contributed by atoms with Crippen molar-refractivity contribution in [3.8, 4) is 11.5 Å². The minimum absolute atomic E-state index is 0.117. The Morgan fingerprint density at radius 2 is 1.79 bits per heavy atom. The number of fused-ring (bicyclic) bond motifs is 1.